The molecule has 0 aliphatic carbocycles. The summed E-state index contributed by atoms with van der Waals surface area (Å²) in [5, 5.41) is 16.8. The zero-order valence-electron chi connectivity index (χ0n) is 12.0. The van der Waals surface area contributed by atoms with E-state index in [1.807, 2.05) is 18.2 Å². The molecule has 0 atom stereocenters. The smallest absolute Gasteiger partial charge is 0.167 e. The Morgan fingerprint density at radius 3 is 2.27 bits per heavy atom. The average Bonchev–Trinajstić information content (AvgIpc) is 2.60. The molecule has 0 amide bonds. The lowest BCUT2D eigenvalue weighted by Gasteiger charge is -2.07. The van der Waals surface area contributed by atoms with E-state index in [0.717, 1.165) is 0 Å². The van der Waals surface area contributed by atoms with Crippen LogP contribution >= 0.6 is 0 Å². The highest BCUT2D eigenvalue weighted by atomic mass is 19.1. The molecule has 5 nitrogen and oxygen atoms in total. The van der Waals surface area contributed by atoms with Gasteiger partial charge in [0.05, 0.1) is 5.69 Å². The van der Waals surface area contributed by atoms with Crippen LogP contribution in [0.3, 0.4) is 0 Å². The molecule has 0 aromatic heterocycles. The minimum absolute atomic E-state index is 0.187. The lowest BCUT2D eigenvalue weighted by molar-refractivity contribution is 0.442. The van der Waals surface area contributed by atoms with Gasteiger partial charge in [0, 0.05) is 25.4 Å². The fraction of sp³-hybridized carbons (Fsp3) is 0.0625. The summed E-state index contributed by atoms with van der Waals surface area (Å²) in [7, 11) is 0. The number of rotatable bonds is 4. The van der Waals surface area contributed by atoms with E-state index >= 15 is 0 Å². The highest BCUT2D eigenvalue weighted by Crippen LogP contribution is 2.26. The van der Waals surface area contributed by atoms with E-state index in [9.17, 15) is 4.39 Å². The second-order valence-electron chi connectivity index (χ2n) is 3.56. The predicted molar refractivity (Wildman–Crippen MR) is 84.0 cm³/mol. The quantitative estimate of drug-likeness (QED) is 0.673. The molecule has 0 radical (unpaired) electrons. The first-order chi connectivity index (χ1) is 10.8. The highest BCUT2D eigenvalue weighted by molar-refractivity contribution is 5.56. The molecule has 0 unspecified atom stereocenters. The Morgan fingerprint density at radius 1 is 1.09 bits per heavy atom. The zero-order chi connectivity index (χ0) is 16.8. The van der Waals surface area contributed by atoms with Gasteiger partial charge in [-0.25, -0.2) is 14.9 Å². The third-order valence-electron chi connectivity index (χ3n) is 2.23. The molecular formula is C16H15FN4O. The molecule has 0 saturated heterocycles. The molecule has 2 rings (SSSR count). The number of hydrogen-bond donors (Lipinski definition) is 1. The standard InChI is InChI=1S/C14H13FN2O.2CHN/c1-2-16-17-11-8-9-14(13(15)10-11)18-12-6-4-3-5-7-12;2*1-2/h2-10,17H,1H3;2*1H. The molecule has 112 valence electrons. The van der Waals surface area contributed by atoms with Gasteiger partial charge in [0.2, 0.25) is 0 Å². The summed E-state index contributed by atoms with van der Waals surface area (Å²) in [5.74, 6) is 0.353. The van der Waals surface area contributed by atoms with Gasteiger partial charge < -0.3 is 4.74 Å². The SMILES string of the molecule is C#N.C#N.CC=NNc1ccc(Oc2ccccc2)c(F)c1. The number of hydrazone groups is 1. The lowest BCUT2D eigenvalue weighted by Crippen LogP contribution is -1.92. The average molecular weight is 298 g/mol. The lowest BCUT2D eigenvalue weighted by atomic mass is 10.3. The summed E-state index contributed by atoms with van der Waals surface area (Å²) in [6.07, 6.45) is 1.59. The molecule has 0 fully saturated rings. The first kappa shape index (κ1) is 18.6. The van der Waals surface area contributed by atoms with Gasteiger partial charge >= 0.3 is 0 Å². The minimum Gasteiger partial charge on any atom is -0.454 e. The van der Waals surface area contributed by atoms with Gasteiger partial charge in [0.1, 0.15) is 5.75 Å². The van der Waals surface area contributed by atoms with E-state index in [4.69, 9.17) is 15.3 Å². The molecule has 2 aromatic rings. The van der Waals surface area contributed by atoms with E-state index in [2.05, 4.69) is 23.7 Å². The number of para-hydroxylation sites is 1. The second kappa shape index (κ2) is 11.4. The van der Waals surface area contributed by atoms with Crippen molar-refractivity contribution in [2.75, 3.05) is 5.43 Å². The van der Waals surface area contributed by atoms with E-state index < -0.39 is 5.82 Å². The Balaban J connectivity index is 0.00000102. The molecule has 6 heteroatoms. The summed E-state index contributed by atoms with van der Waals surface area (Å²) in [6, 6.07) is 13.7. The summed E-state index contributed by atoms with van der Waals surface area (Å²) < 4.78 is 19.2. The first-order valence-corrected chi connectivity index (χ1v) is 6.07. The molecule has 0 saturated carbocycles. The van der Waals surface area contributed by atoms with E-state index in [-0.39, 0.29) is 5.75 Å². The number of anilines is 1. The van der Waals surface area contributed by atoms with Crippen molar-refractivity contribution < 1.29 is 9.13 Å². The fourth-order valence-electron chi connectivity index (χ4n) is 1.41. The molecule has 0 heterocycles. The largest absolute Gasteiger partial charge is 0.454 e. The fourth-order valence-corrected chi connectivity index (χ4v) is 1.41. The van der Waals surface area contributed by atoms with E-state index in [1.54, 1.807) is 37.4 Å². The Morgan fingerprint density at radius 2 is 1.73 bits per heavy atom. The number of benzene rings is 2. The third kappa shape index (κ3) is 6.18. The summed E-state index contributed by atoms with van der Waals surface area (Å²) >= 11 is 0. The Kier molecular flexibility index (Phi) is 9.69. The van der Waals surface area contributed by atoms with Gasteiger partial charge in [-0.2, -0.15) is 5.10 Å². The summed E-state index contributed by atoms with van der Waals surface area (Å²) in [5.41, 5.74) is 3.28. The van der Waals surface area contributed by atoms with Crippen molar-refractivity contribution in [3.63, 3.8) is 0 Å². The number of nitrogens with one attached hydrogen (secondary N) is 1. The molecule has 0 bridgehead atoms. The van der Waals surface area contributed by atoms with Crippen LogP contribution in [0.2, 0.25) is 0 Å². The van der Waals surface area contributed by atoms with Crippen LogP contribution in [0.4, 0.5) is 10.1 Å². The van der Waals surface area contributed by atoms with Gasteiger partial charge in [-0.15, -0.1) is 0 Å². The monoisotopic (exact) mass is 298 g/mol. The maximum absolute atomic E-state index is 13.7. The van der Waals surface area contributed by atoms with Crippen molar-refractivity contribution in [1.29, 1.82) is 10.5 Å². The number of halogens is 1. The van der Waals surface area contributed by atoms with E-state index in [1.165, 1.54) is 6.07 Å². The van der Waals surface area contributed by atoms with Crippen LogP contribution in [-0.4, -0.2) is 6.21 Å². The van der Waals surface area contributed by atoms with Gasteiger partial charge in [0.15, 0.2) is 11.6 Å². The van der Waals surface area contributed by atoms with Crippen molar-refractivity contribution in [3.05, 3.63) is 54.3 Å². The Bertz CT molecular complexity index is 618. The highest BCUT2D eigenvalue weighted by Gasteiger charge is 2.05. The number of ether oxygens (including phenoxy) is 1. The van der Waals surface area contributed by atoms with Crippen molar-refractivity contribution in [3.8, 4) is 24.6 Å². The van der Waals surface area contributed by atoms with Crippen LogP contribution in [0, 0.1) is 29.5 Å². The number of nitriles is 2. The van der Waals surface area contributed by atoms with Crippen molar-refractivity contribution in [2.45, 2.75) is 6.92 Å². The first-order valence-electron chi connectivity index (χ1n) is 6.07. The maximum atomic E-state index is 13.7. The Labute approximate surface area is 128 Å². The molecular weight excluding hydrogens is 283 g/mol. The van der Waals surface area contributed by atoms with Gasteiger partial charge in [-0.1, -0.05) is 18.2 Å². The van der Waals surface area contributed by atoms with Crippen molar-refractivity contribution in [2.24, 2.45) is 5.10 Å². The molecule has 0 aliphatic heterocycles. The molecule has 2 aromatic carbocycles. The third-order valence-corrected chi connectivity index (χ3v) is 2.23. The predicted octanol–water partition coefficient (Wildman–Crippen LogP) is 4.32. The van der Waals surface area contributed by atoms with Crippen LogP contribution in [0.15, 0.2) is 53.6 Å². The van der Waals surface area contributed by atoms with Gasteiger partial charge in [-0.3, -0.25) is 5.43 Å². The van der Waals surface area contributed by atoms with Crippen LogP contribution in [0.5, 0.6) is 11.5 Å². The van der Waals surface area contributed by atoms with Crippen molar-refractivity contribution >= 4 is 11.9 Å². The normalized spacial score (nSPS) is 8.82. The topological polar surface area (TPSA) is 81.2 Å². The van der Waals surface area contributed by atoms with Gasteiger partial charge in [0.25, 0.3) is 0 Å². The second-order valence-corrected chi connectivity index (χ2v) is 3.56. The molecule has 0 spiro atoms. The number of hydrogen-bond acceptors (Lipinski definition) is 5. The molecule has 1 N–H and O–H groups in total. The Hall–Kier alpha value is -3.38. The summed E-state index contributed by atoms with van der Waals surface area (Å²) in [6.45, 7) is 8.77. The van der Waals surface area contributed by atoms with Gasteiger partial charge in [-0.05, 0) is 31.2 Å². The molecule has 22 heavy (non-hydrogen) atoms. The molecule has 0 aliphatic rings. The van der Waals surface area contributed by atoms with Crippen LogP contribution in [0.1, 0.15) is 6.92 Å². The van der Waals surface area contributed by atoms with Crippen LogP contribution in [0.25, 0.3) is 0 Å². The maximum Gasteiger partial charge on any atom is 0.167 e. The van der Waals surface area contributed by atoms with E-state index in [0.29, 0.717) is 11.4 Å². The van der Waals surface area contributed by atoms with Crippen LogP contribution in [-0.2, 0) is 0 Å². The zero-order valence-corrected chi connectivity index (χ0v) is 12.0. The summed E-state index contributed by atoms with van der Waals surface area (Å²) in [4.78, 5) is 0. The van der Waals surface area contributed by atoms with Crippen molar-refractivity contribution in [1.82, 2.24) is 0 Å². The van der Waals surface area contributed by atoms with Crippen LogP contribution < -0.4 is 10.2 Å². The minimum atomic E-state index is -0.435. The number of nitrogens with zero attached hydrogens (tertiary/aromatic N) is 3.